The maximum atomic E-state index is 10.2. The highest BCUT2D eigenvalue weighted by molar-refractivity contribution is 8.07. The van der Waals surface area contributed by atoms with Gasteiger partial charge in [-0.1, -0.05) is 30.3 Å². The van der Waals surface area contributed by atoms with E-state index in [0.717, 1.165) is 25.7 Å². The Morgan fingerprint density at radius 3 is 1.87 bits per heavy atom. The van der Waals surface area contributed by atoms with Crippen LogP contribution in [-0.2, 0) is 30.3 Å². The van der Waals surface area contributed by atoms with Gasteiger partial charge in [-0.05, 0) is 145 Å². The Labute approximate surface area is 285 Å². The Hall–Kier alpha value is -4.26. The highest BCUT2D eigenvalue weighted by atomic mass is 32.5. The van der Waals surface area contributed by atoms with Crippen LogP contribution in [0.3, 0.4) is 0 Å². The van der Waals surface area contributed by atoms with Gasteiger partial charge in [0.2, 0.25) is 0 Å². The zero-order valence-corrected chi connectivity index (χ0v) is 28.6. The van der Waals surface area contributed by atoms with E-state index in [0.29, 0.717) is 18.1 Å². The van der Waals surface area contributed by atoms with Crippen molar-refractivity contribution < 1.29 is 23.4 Å². The molecule has 0 radical (unpaired) electrons. The van der Waals surface area contributed by atoms with E-state index in [1.165, 1.54) is 7.11 Å². The molecule has 0 aromatic heterocycles. The summed E-state index contributed by atoms with van der Waals surface area (Å²) in [4.78, 5) is 10.6. The lowest BCUT2D eigenvalue weighted by Gasteiger charge is -2.26. The van der Waals surface area contributed by atoms with Gasteiger partial charge in [0.15, 0.2) is 4.99 Å². The molecule has 1 rings (SSSR count). The lowest BCUT2D eigenvalue weighted by Crippen LogP contribution is -2.32. The zero-order valence-electron chi connectivity index (χ0n) is 26.1. The molecule has 46 heavy (non-hydrogen) atoms. The van der Waals surface area contributed by atoms with Crippen molar-refractivity contribution in [3.05, 3.63) is 12.2 Å². The van der Waals surface area contributed by atoms with Crippen molar-refractivity contribution in [1.29, 1.82) is 0 Å². The average Bonchev–Trinajstić information content (AvgIpc) is 3.31. The number of thiocarbonyl (C=S) groups is 1. The summed E-state index contributed by atoms with van der Waals surface area (Å²) in [6.07, 6.45) is 7.07. The summed E-state index contributed by atoms with van der Waals surface area (Å²) in [6, 6.07) is -0.0683. The SMILES string of the molecule is B[C@@H]1O[C@H](COC)C(OP(O)(=S)OC)[C@@H]1C/C=C/CCCCNC(=S)C#CC#CC#CC#CC#CC#CC#CC#CC#CC#CC. The van der Waals surface area contributed by atoms with Gasteiger partial charge in [-0.25, -0.2) is 0 Å². The molecule has 0 aromatic carbocycles. The number of methoxy groups -OCH3 is 1. The standard InChI is InChI=1S/C36H31BNO5PS2/c1-4-5-6-7-8-9-10-11-12-13-14-15-16-17-18-19-20-23-26-29-34(45)38-30-27-24-21-22-25-28-32-35(43-44(39,46)41-3)33(31-40-2)42-36(32)37/h22,25,32-33,35-36H,21,24,27-28,30-31,37H2,1-3H3,(H,38,45)(H,39,46)/b25-22+/t32-,33+,35?,36+,44?/m0/s1. The van der Waals surface area contributed by atoms with E-state index < -0.39 is 12.8 Å². The van der Waals surface area contributed by atoms with E-state index >= 15 is 0 Å². The van der Waals surface area contributed by atoms with Gasteiger partial charge in [0.05, 0.1) is 6.61 Å². The predicted octanol–water partition coefficient (Wildman–Crippen LogP) is 1.94. The molecule has 0 aliphatic carbocycles. The van der Waals surface area contributed by atoms with E-state index in [1.54, 1.807) is 14.0 Å². The second-order valence-electron chi connectivity index (χ2n) is 8.80. The van der Waals surface area contributed by atoms with Crippen LogP contribution >= 0.6 is 18.9 Å². The van der Waals surface area contributed by atoms with Gasteiger partial charge < -0.3 is 28.7 Å². The third kappa shape index (κ3) is 19.9. The Kier molecular flexibility index (Phi) is 22.5. The number of rotatable bonds is 12. The van der Waals surface area contributed by atoms with Crippen LogP contribution < -0.4 is 5.32 Å². The van der Waals surface area contributed by atoms with Crippen LogP contribution in [0.2, 0.25) is 0 Å². The van der Waals surface area contributed by atoms with E-state index in [4.69, 9.17) is 42.5 Å². The molecule has 6 nitrogen and oxygen atoms in total. The minimum atomic E-state index is -3.33. The lowest BCUT2D eigenvalue weighted by molar-refractivity contribution is -0.0146. The van der Waals surface area contributed by atoms with Crippen LogP contribution in [0.4, 0.5) is 0 Å². The zero-order chi connectivity index (χ0) is 33.7. The van der Waals surface area contributed by atoms with E-state index in [2.05, 4.69) is 136 Å². The van der Waals surface area contributed by atoms with Crippen molar-refractivity contribution in [1.82, 2.24) is 5.32 Å². The molecule has 230 valence electrons. The number of allylic oxidation sites excluding steroid dienone is 2. The van der Waals surface area contributed by atoms with Crippen LogP contribution in [0, 0.1) is 124 Å². The fourth-order valence-electron chi connectivity index (χ4n) is 3.62. The van der Waals surface area contributed by atoms with Crippen molar-refractivity contribution in [3.8, 4) is 118 Å². The van der Waals surface area contributed by atoms with Gasteiger partial charge in [-0.15, -0.1) is 0 Å². The number of ether oxygens (including phenoxy) is 2. The van der Waals surface area contributed by atoms with Gasteiger partial charge in [-0.2, -0.15) is 0 Å². The topological polar surface area (TPSA) is 69.2 Å². The third-order valence-corrected chi connectivity index (χ3v) is 7.54. The van der Waals surface area contributed by atoms with Crippen LogP contribution in [0.5, 0.6) is 0 Å². The second-order valence-corrected chi connectivity index (χ2v) is 12.1. The summed E-state index contributed by atoms with van der Waals surface area (Å²) < 4.78 is 22.0. The van der Waals surface area contributed by atoms with Crippen molar-refractivity contribution in [2.75, 3.05) is 27.4 Å². The van der Waals surface area contributed by atoms with Gasteiger partial charge in [0.25, 0.3) is 0 Å². The quantitative estimate of drug-likeness (QED) is 0.0822. The first-order valence-electron chi connectivity index (χ1n) is 13.9. The summed E-state index contributed by atoms with van der Waals surface area (Å²) in [5.74, 6) is 51.3. The summed E-state index contributed by atoms with van der Waals surface area (Å²) in [5.41, 5.74) is 0. The molecular formula is C36H31BNO5PS2. The lowest BCUT2D eigenvalue weighted by atomic mass is 9.82. The number of nitrogens with one attached hydrogen (secondary N) is 1. The average molecular weight is 664 g/mol. The molecule has 0 saturated carbocycles. The normalized spacial score (nSPS) is 17.7. The second kappa shape index (κ2) is 26.0. The molecule has 10 heteroatoms. The number of hydrogen-bond donors (Lipinski definition) is 2. The Morgan fingerprint density at radius 2 is 1.37 bits per heavy atom. The molecule has 0 amide bonds. The molecule has 1 aliphatic heterocycles. The van der Waals surface area contributed by atoms with E-state index in [-0.39, 0.29) is 18.0 Å². The summed E-state index contributed by atoms with van der Waals surface area (Å²) in [7, 11) is 4.93. The van der Waals surface area contributed by atoms with Crippen molar-refractivity contribution in [3.63, 3.8) is 0 Å². The van der Waals surface area contributed by atoms with Gasteiger partial charge in [-0.3, -0.25) is 0 Å². The highest BCUT2D eigenvalue weighted by Crippen LogP contribution is 2.48. The highest BCUT2D eigenvalue weighted by Gasteiger charge is 2.44. The van der Waals surface area contributed by atoms with Crippen LogP contribution in [0.15, 0.2) is 12.2 Å². The monoisotopic (exact) mass is 663 g/mol. The fraction of sp³-hybridized carbons (Fsp3) is 0.361. The maximum absolute atomic E-state index is 10.2. The Bertz CT molecular complexity index is 1790. The molecule has 0 spiro atoms. The molecule has 2 unspecified atom stereocenters. The predicted molar refractivity (Wildman–Crippen MR) is 193 cm³/mol. The summed E-state index contributed by atoms with van der Waals surface area (Å²) >= 11 is 10.3. The number of unbranched alkanes of at least 4 members (excludes halogenated alkanes) is 2. The first kappa shape index (κ1) is 39.8. The molecule has 1 heterocycles. The number of hydrogen-bond acceptors (Lipinski definition) is 6. The van der Waals surface area contributed by atoms with Gasteiger partial charge in [0.1, 0.15) is 20.1 Å². The largest absolute Gasteiger partial charge is 0.382 e. The van der Waals surface area contributed by atoms with Gasteiger partial charge in [0, 0.05) is 44.5 Å². The summed E-state index contributed by atoms with van der Waals surface area (Å²) in [6.45, 7) is -0.575. The molecule has 1 aliphatic rings. The Balaban J connectivity index is 2.33. The van der Waals surface area contributed by atoms with Crippen molar-refractivity contribution >= 4 is 43.6 Å². The van der Waals surface area contributed by atoms with Crippen LogP contribution in [-0.4, -0.2) is 63.3 Å². The van der Waals surface area contributed by atoms with Crippen molar-refractivity contribution in [2.45, 2.75) is 50.8 Å². The molecule has 1 saturated heterocycles. The van der Waals surface area contributed by atoms with E-state index in [9.17, 15) is 4.89 Å². The smallest absolute Gasteiger partial charge is 0.324 e. The molecule has 0 aromatic rings. The molecular weight excluding hydrogens is 632 g/mol. The van der Waals surface area contributed by atoms with Crippen LogP contribution in [0.1, 0.15) is 32.6 Å². The summed E-state index contributed by atoms with van der Waals surface area (Å²) in [5, 5.41) is 3.10. The third-order valence-electron chi connectivity index (χ3n) is 5.62. The Morgan fingerprint density at radius 1 is 0.848 bits per heavy atom. The van der Waals surface area contributed by atoms with Gasteiger partial charge >= 0.3 is 6.72 Å². The fourth-order valence-corrected chi connectivity index (χ4v) is 4.76. The maximum Gasteiger partial charge on any atom is 0.324 e. The van der Waals surface area contributed by atoms with Crippen molar-refractivity contribution in [2.24, 2.45) is 5.92 Å². The van der Waals surface area contributed by atoms with Crippen LogP contribution in [0.25, 0.3) is 0 Å². The van der Waals surface area contributed by atoms with E-state index in [1.807, 2.05) is 7.85 Å². The molecule has 1 fully saturated rings. The molecule has 2 N–H and O–H groups in total. The molecule has 0 bridgehead atoms. The first-order chi connectivity index (χ1) is 22.3. The molecule has 5 atom stereocenters. The minimum absolute atomic E-state index is 0.0248. The minimum Gasteiger partial charge on any atom is -0.382 e. The first-order valence-corrected chi connectivity index (χ1v) is 16.9.